The lowest BCUT2D eigenvalue weighted by Gasteiger charge is -2.07. The van der Waals surface area contributed by atoms with Crippen LogP contribution in [0.4, 0.5) is 4.39 Å². The molecule has 6 nitrogen and oxygen atoms in total. The Bertz CT molecular complexity index is 921. The first-order chi connectivity index (χ1) is 10.7. The lowest BCUT2D eigenvalue weighted by atomic mass is 10.2. The molecule has 0 saturated carbocycles. The Kier molecular flexibility index (Phi) is 5.00. The van der Waals surface area contributed by atoms with Gasteiger partial charge in [-0.1, -0.05) is 17.7 Å². The number of aryl methyl sites for hydroxylation is 1. The van der Waals surface area contributed by atoms with Gasteiger partial charge in [0.1, 0.15) is 6.54 Å². The zero-order chi connectivity index (χ0) is 17.2. The average molecular weight is 402 g/mol. The van der Waals surface area contributed by atoms with Gasteiger partial charge in [0.25, 0.3) is 10.0 Å². The van der Waals surface area contributed by atoms with Crippen LogP contribution >= 0.6 is 15.9 Å². The molecular weight excluding hydrogens is 389 g/mol. The molecule has 1 heterocycles. The Morgan fingerprint density at radius 2 is 1.96 bits per heavy atom. The summed E-state index contributed by atoms with van der Waals surface area (Å²) >= 11 is 3.07. The van der Waals surface area contributed by atoms with E-state index in [2.05, 4.69) is 20.3 Å². The molecule has 0 unspecified atom stereocenters. The van der Waals surface area contributed by atoms with E-state index < -0.39 is 33.8 Å². The van der Waals surface area contributed by atoms with E-state index in [0.717, 1.165) is 16.2 Å². The van der Waals surface area contributed by atoms with Crippen molar-refractivity contribution >= 4 is 31.9 Å². The standard InChI is InChI=1S/C14H13BrFN3O3S/c1-9-2-4-11(5-3-9)23(21,22)18-14-12(16)6-10(15)7-19(14)8-13(17)20/h2-7H,8H2,1H3,(H2,17,20)/b18-14+. The van der Waals surface area contributed by atoms with Crippen LogP contribution in [0.3, 0.4) is 0 Å². The third-order valence-electron chi connectivity index (χ3n) is 2.88. The van der Waals surface area contributed by atoms with Crippen LogP contribution < -0.4 is 11.2 Å². The maximum atomic E-state index is 14.1. The Hall–Kier alpha value is -2.00. The number of nitrogens with two attached hydrogens (primary N) is 1. The number of hydrogen-bond donors (Lipinski definition) is 1. The van der Waals surface area contributed by atoms with Gasteiger partial charge in [0.2, 0.25) is 5.91 Å². The highest BCUT2D eigenvalue weighted by Crippen LogP contribution is 2.13. The molecule has 0 saturated heterocycles. The number of halogens is 2. The molecule has 9 heteroatoms. The molecule has 0 fully saturated rings. The minimum atomic E-state index is -4.13. The number of hydrogen-bond acceptors (Lipinski definition) is 3. The minimum absolute atomic E-state index is 0.0731. The van der Waals surface area contributed by atoms with Gasteiger partial charge < -0.3 is 10.3 Å². The molecule has 1 amide bonds. The van der Waals surface area contributed by atoms with Crippen molar-refractivity contribution in [2.45, 2.75) is 18.4 Å². The van der Waals surface area contributed by atoms with Gasteiger partial charge in [0.15, 0.2) is 11.3 Å². The van der Waals surface area contributed by atoms with Gasteiger partial charge in [-0.15, -0.1) is 4.40 Å². The molecule has 2 aromatic rings. The number of aromatic nitrogens is 1. The summed E-state index contributed by atoms with van der Waals surface area (Å²) < 4.78 is 43.6. The smallest absolute Gasteiger partial charge is 0.284 e. The molecule has 0 bridgehead atoms. The topological polar surface area (TPSA) is 94.5 Å². The minimum Gasteiger partial charge on any atom is -0.368 e. The lowest BCUT2D eigenvalue weighted by molar-refractivity contribution is -0.118. The predicted molar refractivity (Wildman–Crippen MR) is 85.2 cm³/mol. The summed E-state index contributed by atoms with van der Waals surface area (Å²) in [5.41, 5.74) is 5.48. The summed E-state index contributed by atoms with van der Waals surface area (Å²) in [4.78, 5) is 11.0. The number of rotatable bonds is 4. The fourth-order valence-corrected chi connectivity index (χ4v) is 3.28. The van der Waals surface area contributed by atoms with Gasteiger partial charge in [-0.2, -0.15) is 8.42 Å². The van der Waals surface area contributed by atoms with Crippen molar-refractivity contribution in [1.82, 2.24) is 4.57 Å². The zero-order valence-corrected chi connectivity index (χ0v) is 14.4. The SMILES string of the molecule is Cc1ccc(S(=O)(=O)/N=c2\c(F)cc(Br)cn2CC(N)=O)cc1. The molecule has 1 aromatic heterocycles. The second-order valence-corrected chi connectivity index (χ2v) is 7.32. The van der Waals surface area contributed by atoms with Crippen molar-refractivity contribution in [3.8, 4) is 0 Å². The van der Waals surface area contributed by atoms with Crippen LogP contribution in [0.5, 0.6) is 0 Å². The van der Waals surface area contributed by atoms with Gasteiger partial charge in [-0.25, -0.2) is 4.39 Å². The van der Waals surface area contributed by atoms with Crippen LogP contribution in [0.1, 0.15) is 5.56 Å². The highest BCUT2D eigenvalue weighted by molar-refractivity contribution is 9.10. The first-order valence-corrected chi connectivity index (χ1v) is 8.64. The molecular formula is C14H13BrFN3O3S. The monoisotopic (exact) mass is 401 g/mol. The summed E-state index contributed by atoms with van der Waals surface area (Å²) in [7, 11) is -4.13. The van der Waals surface area contributed by atoms with Gasteiger partial charge in [0.05, 0.1) is 4.90 Å². The van der Waals surface area contributed by atoms with Gasteiger partial charge in [0, 0.05) is 10.7 Å². The van der Waals surface area contributed by atoms with E-state index in [0.29, 0.717) is 4.47 Å². The van der Waals surface area contributed by atoms with Crippen molar-refractivity contribution in [3.63, 3.8) is 0 Å². The summed E-state index contributed by atoms with van der Waals surface area (Å²) in [6.07, 6.45) is 1.33. The van der Waals surface area contributed by atoms with Crippen molar-refractivity contribution in [2.24, 2.45) is 10.1 Å². The molecule has 0 radical (unpaired) electrons. The van der Waals surface area contributed by atoms with Crippen LogP contribution in [0.15, 0.2) is 50.3 Å². The Morgan fingerprint density at radius 1 is 1.35 bits per heavy atom. The van der Waals surface area contributed by atoms with Crippen molar-refractivity contribution in [3.05, 3.63) is 57.9 Å². The van der Waals surface area contributed by atoms with Gasteiger partial charge in [-0.05, 0) is 41.1 Å². The Labute approximate surface area is 140 Å². The third kappa shape index (κ3) is 4.26. The van der Waals surface area contributed by atoms with Crippen LogP contribution in [-0.4, -0.2) is 18.9 Å². The molecule has 1 aromatic carbocycles. The van der Waals surface area contributed by atoms with E-state index in [-0.39, 0.29) is 4.90 Å². The average Bonchev–Trinajstić information content (AvgIpc) is 2.42. The number of pyridine rings is 1. The van der Waals surface area contributed by atoms with Gasteiger partial charge >= 0.3 is 0 Å². The van der Waals surface area contributed by atoms with E-state index >= 15 is 0 Å². The molecule has 0 aliphatic rings. The molecule has 2 rings (SSSR count). The van der Waals surface area contributed by atoms with Crippen LogP contribution in [-0.2, 0) is 21.4 Å². The largest absolute Gasteiger partial charge is 0.368 e. The molecule has 23 heavy (non-hydrogen) atoms. The number of benzene rings is 1. The van der Waals surface area contributed by atoms with E-state index in [9.17, 15) is 17.6 Å². The Balaban J connectivity index is 2.66. The first kappa shape index (κ1) is 17.4. The first-order valence-electron chi connectivity index (χ1n) is 6.40. The van der Waals surface area contributed by atoms with E-state index in [1.165, 1.54) is 18.3 Å². The maximum absolute atomic E-state index is 14.1. The highest BCUT2D eigenvalue weighted by Gasteiger charge is 2.15. The van der Waals surface area contributed by atoms with E-state index in [4.69, 9.17) is 5.73 Å². The summed E-state index contributed by atoms with van der Waals surface area (Å²) in [5.74, 6) is -1.65. The van der Waals surface area contributed by atoms with Crippen LogP contribution in [0.2, 0.25) is 0 Å². The zero-order valence-electron chi connectivity index (χ0n) is 12.0. The molecule has 2 N–H and O–H groups in total. The summed E-state index contributed by atoms with van der Waals surface area (Å²) in [5, 5.41) is 0. The third-order valence-corrected chi connectivity index (χ3v) is 4.60. The van der Waals surface area contributed by atoms with Gasteiger partial charge in [-0.3, -0.25) is 4.79 Å². The summed E-state index contributed by atoms with van der Waals surface area (Å²) in [6.45, 7) is 1.40. The number of amides is 1. The predicted octanol–water partition coefficient (Wildman–Crippen LogP) is 1.47. The fraction of sp³-hybridized carbons (Fsp3) is 0.143. The second-order valence-electron chi connectivity index (χ2n) is 4.80. The van der Waals surface area contributed by atoms with Crippen LogP contribution in [0.25, 0.3) is 0 Å². The van der Waals surface area contributed by atoms with E-state index in [1.807, 2.05) is 6.92 Å². The second kappa shape index (κ2) is 6.63. The quantitative estimate of drug-likeness (QED) is 0.839. The van der Waals surface area contributed by atoms with E-state index in [1.54, 1.807) is 12.1 Å². The summed E-state index contributed by atoms with van der Waals surface area (Å²) in [6, 6.07) is 7.03. The van der Waals surface area contributed by atoms with Crippen molar-refractivity contribution in [1.29, 1.82) is 0 Å². The fourth-order valence-electron chi connectivity index (χ4n) is 1.83. The number of nitrogens with zero attached hydrogens (tertiary/aromatic N) is 2. The molecule has 0 aliphatic heterocycles. The number of carbonyl (C=O) groups excluding carboxylic acids is 1. The number of sulfonamides is 1. The molecule has 0 spiro atoms. The molecule has 0 atom stereocenters. The maximum Gasteiger partial charge on any atom is 0.284 e. The Morgan fingerprint density at radius 3 is 2.52 bits per heavy atom. The number of primary amides is 1. The van der Waals surface area contributed by atoms with Crippen LogP contribution in [0, 0.1) is 12.7 Å². The van der Waals surface area contributed by atoms with Crippen molar-refractivity contribution < 1.29 is 17.6 Å². The highest BCUT2D eigenvalue weighted by atomic mass is 79.9. The lowest BCUT2D eigenvalue weighted by Crippen LogP contribution is -2.31. The molecule has 0 aliphatic carbocycles. The normalized spacial score (nSPS) is 12.4. The molecule has 122 valence electrons. The number of carbonyl (C=O) groups is 1. The van der Waals surface area contributed by atoms with Crippen molar-refractivity contribution in [2.75, 3.05) is 0 Å².